The Morgan fingerprint density at radius 2 is 1.82 bits per heavy atom. The van der Waals surface area contributed by atoms with Crippen molar-refractivity contribution in [1.29, 1.82) is 0 Å². The zero-order valence-corrected chi connectivity index (χ0v) is 20.7. The van der Waals surface area contributed by atoms with Crippen molar-refractivity contribution in [2.75, 3.05) is 11.9 Å². The number of thiocarbonyl (C=S) groups is 1. The molecular weight excluding hydrogens is 543 g/mol. The topological polar surface area (TPSA) is 120 Å². The highest BCUT2D eigenvalue weighted by molar-refractivity contribution is 8.26. The number of carboxylic acids is 1. The van der Waals surface area contributed by atoms with Gasteiger partial charge in [-0.3, -0.25) is 14.5 Å². The summed E-state index contributed by atoms with van der Waals surface area (Å²) in [5, 5.41) is 21.2. The normalized spacial score (nSPS) is 14.3. The Balaban J connectivity index is 1.42. The van der Waals surface area contributed by atoms with E-state index in [-0.39, 0.29) is 50.4 Å². The van der Waals surface area contributed by atoms with Crippen molar-refractivity contribution in [1.82, 2.24) is 9.88 Å². The molecule has 1 aliphatic rings. The lowest BCUT2D eigenvalue weighted by atomic mass is 10.1. The highest BCUT2D eigenvalue weighted by Gasteiger charge is 2.32. The van der Waals surface area contributed by atoms with Crippen LogP contribution in [0.4, 0.5) is 18.9 Å². The summed E-state index contributed by atoms with van der Waals surface area (Å²) in [6.45, 7) is -0.0470. The van der Waals surface area contributed by atoms with Crippen LogP contribution in [-0.4, -0.2) is 48.7 Å². The number of carbonyl (C=O) groups is 3. The Bertz CT molecular complexity index is 1510. The third-order valence-electron chi connectivity index (χ3n) is 5.28. The minimum atomic E-state index is -1.59. The van der Waals surface area contributed by atoms with Gasteiger partial charge in [0.1, 0.15) is 15.6 Å². The Morgan fingerprint density at radius 1 is 1.11 bits per heavy atom. The van der Waals surface area contributed by atoms with Crippen LogP contribution in [0.25, 0.3) is 17.3 Å². The van der Waals surface area contributed by atoms with E-state index < -0.39 is 41.0 Å². The lowest BCUT2D eigenvalue weighted by Gasteiger charge is -2.14. The van der Waals surface area contributed by atoms with E-state index in [0.29, 0.717) is 0 Å². The Hall–Kier alpha value is -4.23. The molecule has 194 valence electrons. The summed E-state index contributed by atoms with van der Waals surface area (Å²) in [6.07, 6.45) is 1.29. The average Bonchev–Trinajstić information content (AvgIpc) is 3.12. The number of hydrogen-bond acceptors (Lipinski definition) is 7. The smallest absolute Gasteiger partial charge is 0.339 e. The number of amides is 2. The largest absolute Gasteiger partial charge is 0.507 e. The van der Waals surface area contributed by atoms with Crippen molar-refractivity contribution in [2.24, 2.45) is 0 Å². The second-order valence-electron chi connectivity index (χ2n) is 7.87. The van der Waals surface area contributed by atoms with Crippen LogP contribution in [0.1, 0.15) is 22.5 Å². The van der Waals surface area contributed by atoms with Gasteiger partial charge in [0.05, 0.1) is 16.3 Å². The highest BCUT2D eigenvalue weighted by Crippen LogP contribution is 2.33. The molecule has 2 aromatic carbocycles. The van der Waals surface area contributed by atoms with Gasteiger partial charge in [0, 0.05) is 30.3 Å². The first kappa shape index (κ1) is 26.8. The molecule has 1 aliphatic heterocycles. The molecule has 8 nitrogen and oxygen atoms in total. The van der Waals surface area contributed by atoms with E-state index in [9.17, 15) is 32.7 Å². The van der Waals surface area contributed by atoms with E-state index in [2.05, 4.69) is 10.3 Å². The maximum Gasteiger partial charge on any atom is 0.339 e. The summed E-state index contributed by atoms with van der Waals surface area (Å²) in [7, 11) is 0. The molecule has 38 heavy (non-hydrogen) atoms. The fraction of sp³-hybridized carbons (Fsp3) is 0.0800. The van der Waals surface area contributed by atoms with Crippen LogP contribution in [-0.2, 0) is 9.59 Å². The predicted molar refractivity (Wildman–Crippen MR) is 138 cm³/mol. The molecule has 3 aromatic rings. The monoisotopic (exact) mass is 559 g/mol. The number of aromatic hydroxyl groups is 1. The summed E-state index contributed by atoms with van der Waals surface area (Å²) in [5.41, 5.74) is 0.321. The van der Waals surface area contributed by atoms with E-state index in [0.717, 1.165) is 36.0 Å². The fourth-order valence-electron chi connectivity index (χ4n) is 3.45. The maximum atomic E-state index is 13.6. The molecule has 2 heterocycles. The van der Waals surface area contributed by atoms with E-state index in [1.54, 1.807) is 12.1 Å². The zero-order valence-electron chi connectivity index (χ0n) is 19.1. The molecule has 1 fully saturated rings. The number of rotatable bonds is 7. The number of nitrogens with zero attached hydrogens (tertiary/aromatic N) is 2. The Labute approximate surface area is 222 Å². The Kier molecular flexibility index (Phi) is 7.78. The number of anilines is 1. The third kappa shape index (κ3) is 5.84. The number of nitrogens with one attached hydrogen (secondary N) is 1. The number of phenols is 1. The summed E-state index contributed by atoms with van der Waals surface area (Å²) < 4.78 is 40.7. The fourth-order valence-corrected chi connectivity index (χ4v) is 4.74. The number of aromatic carboxylic acids is 1. The average molecular weight is 560 g/mol. The van der Waals surface area contributed by atoms with Gasteiger partial charge in [0.25, 0.3) is 5.91 Å². The van der Waals surface area contributed by atoms with Crippen LogP contribution in [0.5, 0.6) is 5.75 Å². The molecule has 0 spiro atoms. The number of pyridine rings is 1. The summed E-state index contributed by atoms with van der Waals surface area (Å²) in [6, 6.07) is 9.78. The molecule has 2 amide bonds. The molecule has 0 radical (unpaired) electrons. The first-order chi connectivity index (χ1) is 18.0. The van der Waals surface area contributed by atoms with Crippen molar-refractivity contribution in [2.45, 2.75) is 6.42 Å². The Morgan fingerprint density at radius 3 is 2.47 bits per heavy atom. The number of carboxylic acid groups (broad SMARTS) is 1. The third-order valence-corrected chi connectivity index (χ3v) is 6.65. The van der Waals surface area contributed by atoms with Crippen LogP contribution in [0.3, 0.4) is 0 Å². The van der Waals surface area contributed by atoms with Crippen LogP contribution >= 0.6 is 24.0 Å². The van der Waals surface area contributed by atoms with Gasteiger partial charge in [-0.15, -0.1) is 0 Å². The van der Waals surface area contributed by atoms with Gasteiger partial charge in [0.2, 0.25) is 5.91 Å². The van der Waals surface area contributed by atoms with E-state index in [4.69, 9.17) is 17.3 Å². The molecule has 0 unspecified atom stereocenters. The second kappa shape index (κ2) is 11.0. The van der Waals surface area contributed by atoms with Gasteiger partial charge in [-0.1, -0.05) is 30.0 Å². The molecule has 13 heteroatoms. The predicted octanol–water partition coefficient (Wildman–Crippen LogP) is 4.80. The lowest BCUT2D eigenvalue weighted by molar-refractivity contribution is -0.122. The summed E-state index contributed by atoms with van der Waals surface area (Å²) in [5.74, 6) is -7.09. The number of aromatic nitrogens is 1. The summed E-state index contributed by atoms with van der Waals surface area (Å²) in [4.78, 5) is 41.9. The van der Waals surface area contributed by atoms with Crippen LogP contribution in [0.2, 0.25) is 0 Å². The SMILES string of the molecule is O=C(CCN1C(=O)C(=Cc2cccc(-c3cc(F)c(F)c(F)c3)n2)SC1=S)Nc1ccc(C(=O)O)c(O)c1. The van der Waals surface area contributed by atoms with Crippen molar-refractivity contribution in [3.05, 3.63) is 82.1 Å². The number of halogens is 3. The second-order valence-corrected chi connectivity index (χ2v) is 9.55. The standard InChI is InChI=1S/C25H16F3N3O5S2/c26-16-8-12(9-17(27)22(16)28)18-3-1-2-13(29-18)11-20-23(34)31(25(37)38-20)7-6-21(33)30-14-4-5-15(24(35)36)19(32)10-14/h1-5,8-11,32H,6-7H2,(H,30,33)(H,35,36). The first-order valence-electron chi connectivity index (χ1n) is 10.8. The van der Waals surface area contributed by atoms with Crippen LogP contribution < -0.4 is 5.32 Å². The van der Waals surface area contributed by atoms with Gasteiger partial charge >= 0.3 is 5.97 Å². The number of thioether (sulfide) groups is 1. The van der Waals surface area contributed by atoms with Gasteiger partial charge < -0.3 is 15.5 Å². The molecule has 0 atom stereocenters. The molecular formula is C25H16F3N3O5S2. The summed E-state index contributed by atoms with van der Waals surface area (Å²) >= 11 is 6.25. The highest BCUT2D eigenvalue weighted by atomic mass is 32.2. The lowest BCUT2D eigenvalue weighted by Crippen LogP contribution is -2.31. The van der Waals surface area contributed by atoms with Gasteiger partial charge in [0.15, 0.2) is 17.5 Å². The van der Waals surface area contributed by atoms with Crippen LogP contribution in [0, 0.1) is 17.5 Å². The number of carbonyl (C=O) groups excluding carboxylic acids is 2. The number of hydrogen-bond donors (Lipinski definition) is 3. The van der Waals surface area contributed by atoms with Gasteiger partial charge in [-0.25, -0.2) is 22.9 Å². The minimum Gasteiger partial charge on any atom is -0.507 e. The molecule has 0 saturated carbocycles. The first-order valence-corrected chi connectivity index (χ1v) is 12.0. The minimum absolute atomic E-state index is 0.0149. The van der Waals surface area contributed by atoms with E-state index in [1.807, 2.05) is 0 Å². The molecule has 0 aliphatic carbocycles. The molecule has 1 saturated heterocycles. The molecule has 3 N–H and O–H groups in total. The van der Waals surface area contributed by atoms with Crippen molar-refractivity contribution < 1.29 is 37.8 Å². The van der Waals surface area contributed by atoms with Gasteiger partial charge in [-0.05, 0) is 42.5 Å². The van der Waals surface area contributed by atoms with Crippen molar-refractivity contribution in [3.63, 3.8) is 0 Å². The van der Waals surface area contributed by atoms with Gasteiger partial charge in [-0.2, -0.15) is 0 Å². The van der Waals surface area contributed by atoms with Crippen molar-refractivity contribution >= 4 is 57.8 Å². The zero-order chi connectivity index (χ0) is 27.6. The molecule has 4 rings (SSSR count). The van der Waals surface area contributed by atoms with E-state index in [1.165, 1.54) is 23.1 Å². The van der Waals surface area contributed by atoms with E-state index >= 15 is 0 Å². The van der Waals surface area contributed by atoms with Crippen LogP contribution in [0.15, 0.2) is 53.4 Å². The number of benzene rings is 2. The molecule has 0 bridgehead atoms. The van der Waals surface area contributed by atoms with Crippen molar-refractivity contribution in [3.8, 4) is 17.0 Å². The molecule has 1 aromatic heterocycles. The maximum absolute atomic E-state index is 13.6. The quantitative estimate of drug-likeness (QED) is 0.215.